The van der Waals surface area contributed by atoms with E-state index in [1.54, 1.807) is 53.9 Å². The van der Waals surface area contributed by atoms with E-state index in [1.807, 2.05) is 6.07 Å². The Morgan fingerprint density at radius 3 is 2.45 bits per heavy atom. The van der Waals surface area contributed by atoms with E-state index in [2.05, 4.69) is 5.32 Å². The van der Waals surface area contributed by atoms with E-state index in [0.29, 0.717) is 26.7 Å². The van der Waals surface area contributed by atoms with Crippen LogP contribution in [-0.2, 0) is 11.2 Å². The Morgan fingerprint density at radius 1 is 1.14 bits per heavy atom. The van der Waals surface area contributed by atoms with Gasteiger partial charge >= 0.3 is 5.97 Å². The first-order valence-electron chi connectivity index (χ1n) is 8.45. The highest BCUT2D eigenvalue weighted by atomic mass is 35.5. The Bertz CT molecular complexity index is 1100. The molecule has 2 aromatic carbocycles. The Balaban J connectivity index is 1.86. The summed E-state index contributed by atoms with van der Waals surface area (Å²) in [4.78, 5) is 24.5. The van der Waals surface area contributed by atoms with Crippen LogP contribution in [0.4, 0.5) is 5.00 Å². The number of benzene rings is 2. The van der Waals surface area contributed by atoms with E-state index in [1.165, 1.54) is 0 Å². The summed E-state index contributed by atoms with van der Waals surface area (Å²) in [5.74, 6) is -2.77. The van der Waals surface area contributed by atoms with E-state index in [4.69, 9.17) is 23.2 Å². The second-order valence-electron chi connectivity index (χ2n) is 6.13. The summed E-state index contributed by atoms with van der Waals surface area (Å²) in [5.41, 5.74) is 1.77. The van der Waals surface area contributed by atoms with Crippen molar-refractivity contribution in [2.45, 2.75) is 6.42 Å². The third kappa shape index (κ3) is 4.77. The minimum Gasteiger partial charge on any atom is -0.478 e. The Labute approximate surface area is 181 Å². The molecule has 0 bridgehead atoms. The molecule has 0 aliphatic heterocycles. The molecule has 1 atom stereocenters. The van der Waals surface area contributed by atoms with Crippen LogP contribution < -0.4 is 5.32 Å². The SMILES string of the molecule is N#CC(Cc1ccccc1Cl)C(=O)Nc1scc(-c2ccc(Cl)cc2)c1C(=O)O. The second kappa shape index (κ2) is 9.10. The molecule has 1 aromatic heterocycles. The minimum absolute atomic E-state index is 0.0277. The van der Waals surface area contributed by atoms with Crippen molar-refractivity contribution in [2.24, 2.45) is 5.92 Å². The van der Waals surface area contributed by atoms with E-state index in [9.17, 15) is 20.0 Å². The lowest BCUT2D eigenvalue weighted by Crippen LogP contribution is -2.24. The number of nitrogens with one attached hydrogen (secondary N) is 1. The average Bonchev–Trinajstić information content (AvgIpc) is 3.11. The van der Waals surface area contributed by atoms with Crippen molar-refractivity contribution in [2.75, 3.05) is 5.32 Å². The summed E-state index contributed by atoms with van der Waals surface area (Å²) in [6, 6.07) is 15.7. The van der Waals surface area contributed by atoms with Crippen LogP contribution in [0.5, 0.6) is 0 Å². The molecule has 146 valence electrons. The molecule has 8 heteroatoms. The predicted molar refractivity (Wildman–Crippen MR) is 115 cm³/mol. The number of hydrogen-bond donors (Lipinski definition) is 2. The van der Waals surface area contributed by atoms with Gasteiger partial charge in [-0.1, -0.05) is 53.5 Å². The van der Waals surface area contributed by atoms with Crippen molar-refractivity contribution in [1.29, 1.82) is 5.26 Å². The molecule has 0 aliphatic rings. The van der Waals surface area contributed by atoms with Crippen LogP contribution in [-0.4, -0.2) is 17.0 Å². The van der Waals surface area contributed by atoms with Crippen molar-refractivity contribution < 1.29 is 14.7 Å². The topological polar surface area (TPSA) is 90.2 Å². The molecule has 1 heterocycles. The smallest absolute Gasteiger partial charge is 0.339 e. The summed E-state index contributed by atoms with van der Waals surface area (Å²) < 4.78 is 0. The molecular formula is C21H14Cl2N2O3S. The second-order valence-corrected chi connectivity index (χ2v) is 7.86. The van der Waals surface area contributed by atoms with Crippen LogP contribution in [0.1, 0.15) is 15.9 Å². The molecule has 0 fully saturated rings. The number of thiophene rings is 1. The molecule has 0 spiro atoms. The highest BCUT2D eigenvalue weighted by molar-refractivity contribution is 7.15. The molecule has 2 N–H and O–H groups in total. The summed E-state index contributed by atoms with van der Waals surface area (Å²) in [7, 11) is 0. The van der Waals surface area contributed by atoms with Crippen LogP contribution in [0.2, 0.25) is 10.0 Å². The van der Waals surface area contributed by atoms with Crippen LogP contribution >= 0.6 is 34.5 Å². The van der Waals surface area contributed by atoms with Gasteiger partial charge in [0, 0.05) is 21.0 Å². The van der Waals surface area contributed by atoms with Crippen molar-refractivity contribution in [3.8, 4) is 17.2 Å². The van der Waals surface area contributed by atoms with Crippen LogP contribution in [0, 0.1) is 17.2 Å². The van der Waals surface area contributed by atoms with Gasteiger partial charge in [-0.3, -0.25) is 4.79 Å². The lowest BCUT2D eigenvalue weighted by molar-refractivity contribution is -0.118. The number of rotatable bonds is 6. The zero-order chi connectivity index (χ0) is 21.0. The summed E-state index contributed by atoms with van der Waals surface area (Å²) >= 11 is 13.1. The standard InChI is InChI=1S/C21H14Cl2N2O3S/c22-15-7-5-12(6-8-15)16-11-29-20(18(16)21(27)28)25-19(26)14(10-24)9-13-3-1-2-4-17(13)23/h1-8,11,14H,9H2,(H,25,26)(H,27,28). The molecule has 29 heavy (non-hydrogen) atoms. The normalized spacial score (nSPS) is 11.5. The first-order chi connectivity index (χ1) is 13.9. The van der Waals surface area contributed by atoms with Crippen molar-refractivity contribution in [3.63, 3.8) is 0 Å². The fraction of sp³-hybridized carbons (Fsp3) is 0.0952. The molecule has 0 aliphatic carbocycles. The number of aromatic carboxylic acids is 1. The van der Waals surface area contributed by atoms with E-state index in [-0.39, 0.29) is 17.0 Å². The molecule has 0 saturated heterocycles. The quantitative estimate of drug-likeness (QED) is 0.506. The molecule has 3 rings (SSSR count). The number of nitriles is 1. The maximum absolute atomic E-state index is 12.6. The van der Waals surface area contributed by atoms with E-state index < -0.39 is 17.8 Å². The average molecular weight is 445 g/mol. The third-order valence-electron chi connectivity index (χ3n) is 4.25. The van der Waals surface area contributed by atoms with Gasteiger partial charge in [-0.15, -0.1) is 11.3 Å². The van der Waals surface area contributed by atoms with Gasteiger partial charge in [0.05, 0.1) is 6.07 Å². The number of carbonyl (C=O) groups excluding carboxylic acids is 1. The summed E-state index contributed by atoms with van der Waals surface area (Å²) in [6.07, 6.45) is 0.125. The van der Waals surface area contributed by atoms with Gasteiger partial charge in [0.25, 0.3) is 0 Å². The molecule has 1 unspecified atom stereocenters. The third-order valence-corrected chi connectivity index (χ3v) is 5.77. The van der Waals surface area contributed by atoms with Crippen molar-refractivity contribution in [1.82, 2.24) is 0 Å². The maximum Gasteiger partial charge on any atom is 0.339 e. The van der Waals surface area contributed by atoms with Gasteiger partial charge in [0.2, 0.25) is 5.91 Å². The highest BCUT2D eigenvalue weighted by Crippen LogP contribution is 2.36. The van der Waals surface area contributed by atoms with Crippen molar-refractivity contribution in [3.05, 3.63) is 75.1 Å². The largest absolute Gasteiger partial charge is 0.478 e. The van der Waals surface area contributed by atoms with E-state index >= 15 is 0 Å². The number of amides is 1. The number of carboxylic acids is 1. The highest BCUT2D eigenvalue weighted by Gasteiger charge is 2.25. The fourth-order valence-electron chi connectivity index (χ4n) is 2.78. The number of nitrogens with zero attached hydrogens (tertiary/aromatic N) is 1. The maximum atomic E-state index is 12.6. The monoisotopic (exact) mass is 444 g/mol. The van der Waals surface area contributed by atoms with Crippen LogP contribution in [0.3, 0.4) is 0 Å². The number of carboxylic acid groups (broad SMARTS) is 1. The summed E-state index contributed by atoms with van der Waals surface area (Å²) in [6.45, 7) is 0. The number of halogens is 2. The fourth-order valence-corrected chi connectivity index (χ4v) is 4.09. The Hall–Kier alpha value is -2.85. The number of anilines is 1. The van der Waals surface area contributed by atoms with Gasteiger partial charge in [0.1, 0.15) is 16.5 Å². The van der Waals surface area contributed by atoms with Gasteiger partial charge in [-0.05, 0) is 35.7 Å². The lowest BCUT2D eigenvalue weighted by atomic mass is 9.99. The molecule has 0 saturated carbocycles. The van der Waals surface area contributed by atoms with E-state index in [0.717, 1.165) is 11.3 Å². The van der Waals surface area contributed by atoms with Crippen LogP contribution in [0.15, 0.2) is 53.9 Å². The van der Waals surface area contributed by atoms with Gasteiger partial charge in [-0.25, -0.2) is 4.79 Å². The Kier molecular flexibility index (Phi) is 6.55. The van der Waals surface area contributed by atoms with Gasteiger partial charge in [0.15, 0.2) is 0 Å². The molecule has 0 radical (unpaired) electrons. The number of carbonyl (C=O) groups is 2. The zero-order valence-electron chi connectivity index (χ0n) is 14.9. The summed E-state index contributed by atoms with van der Waals surface area (Å²) in [5, 5.41) is 24.5. The molecule has 1 amide bonds. The predicted octanol–water partition coefficient (Wildman–Crippen LogP) is 5.74. The first kappa shape index (κ1) is 20.9. The van der Waals surface area contributed by atoms with Gasteiger partial charge in [-0.2, -0.15) is 5.26 Å². The van der Waals surface area contributed by atoms with Crippen molar-refractivity contribution >= 4 is 51.4 Å². The molecule has 3 aromatic rings. The number of hydrogen-bond acceptors (Lipinski definition) is 4. The lowest BCUT2D eigenvalue weighted by Gasteiger charge is -2.11. The Morgan fingerprint density at radius 2 is 1.83 bits per heavy atom. The first-order valence-corrected chi connectivity index (χ1v) is 10.1. The minimum atomic E-state index is -1.17. The molecule has 5 nitrogen and oxygen atoms in total. The zero-order valence-corrected chi connectivity index (χ0v) is 17.2. The van der Waals surface area contributed by atoms with Crippen LogP contribution in [0.25, 0.3) is 11.1 Å². The molecular weight excluding hydrogens is 431 g/mol. The van der Waals surface area contributed by atoms with Gasteiger partial charge < -0.3 is 10.4 Å².